The molecule has 1 saturated carbocycles. The summed E-state index contributed by atoms with van der Waals surface area (Å²) < 4.78 is 19.3. The number of aliphatic hydroxyl groups excluding tert-OH is 1. The SMILES string of the molecule is CC1CCC(OCC(O)CNc2ccc(F)c(Br)c2)CC1. The topological polar surface area (TPSA) is 41.5 Å². The Bertz CT molecular complexity index is 450. The molecule has 1 aliphatic carbocycles. The fourth-order valence-electron chi connectivity index (χ4n) is 2.54. The van der Waals surface area contributed by atoms with Gasteiger partial charge in [0.15, 0.2) is 0 Å². The van der Waals surface area contributed by atoms with E-state index in [1.165, 1.54) is 18.9 Å². The molecule has 0 spiro atoms. The van der Waals surface area contributed by atoms with E-state index in [2.05, 4.69) is 28.2 Å². The molecule has 0 aromatic heterocycles. The Kier molecular flexibility index (Phi) is 6.45. The second kappa shape index (κ2) is 8.11. The molecule has 0 saturated heterocycles. The van der Waals surface area contributed by atoms with Crippen molar-refractivity contribution in [2.45, 2.75) is 44.8 Å². The van der Waals surface area contributed by atoms with Crippen molar-refractivity contribution in [1.82, 2.24) is 0 Å². The summed E-state index contributed by atoms with van der Waals surface area (Å²) in [5, 5.41) is 13.0. The number of aliphatic hydroxyl groups is 1. The zero-order valence-corrected chi connectivity index (χ0v) is 13.9. The molecule has 0 aliphatic heterocycles. The van der Waals surface area contributed by atoms with Crippen LogP contribution in [0.1, 0.15) is 32.6 Å². The van der Waals surface area contributed by atoms with Crippen molar-refractivity contribution in [1.29, 1.82) is 0 Å². The Balaban J connectivity index is 1.67. The molecule has 1 aromatic rings. The Morgan fingerprint density at radius 3 is 2.76 bits per heavy atom. The van der Waals surface area contributed by atoms with E-state index in [0.29, 0.717) is 17.6 Å². The largest absolute Gasteiger partial charge is 0.389 e. The van der Waals surface area contributed by atoms with Crippen LogP contribution in [0.4, 0.5) is 10.1 Å². The lowest BCUT2D eigenvalue weighted by Gasteiger charge is -2.27. The molecule has 1 unspecified atom stereocenters. The van der Waals surface area contributed by atoms with Gasteiger partial charge < -0.3 is 15.2 Å². The van der Waals surface area contributed by atoms with Gasteiger partial charge in [0.1, 0.15) is 5.82 Å². The van der Waals surface area contributed by atoms with Crippen molar-refractivity contribution in [2.24, 2.45) is 5.92 Å². The van der Waals surface area contributed by atoms with Crippen LogP contribution in [0.3, 0.4) is 0 Å². The monoisotopic (exact) mass is 359 g/mol. The third-order valence-corrected chi connectivity index (χ3v) is 4.56. The Labute approximate surface area is 134 Å². The first kappa shape index (κ1) is 16.7. The molecule has 1 atom stereocenters. The zero-order valence-electron chi connectivity index (χ0n) is 12.3. The molecule has 1 aliphatic rings. The van der Waals surface area contributed by atoms with Gasteiger partial charge in [-0.3, -0.25) is 0 Å². The number of anilines is 1. The summed E-state index contributed by atoms with van der Waals surface area (Å²) in [6.45, 7) is 3.01. The molecule has 2 N–H and O–H groups in total. The van der Waals surface area contributed by atoms with E-state index < -0.39 is 6.10 Å². The summed E-state index contributed by atoms with van der Waals surface area (Å²) in [5.41, 5.74) is 0.772. The van der Waals surface area contributed by atoms with Gasteiger partial charge in [-0.15, -0.1) is 0 Å². The summed E-state index contributed by atoms with van der Waals surface area (Å²) in [5.74, 6) is 0.504. The molecule has 118 valence electrons. The van der Waals surface area contributed by atoms with Crippen molar-refractivity contribution in [2.75, 3.05) is 18.5 Å². The molecule has 0 radical (unpaired) electrons. The number of nitrogens with one attached hydrogen (secondary N) is 1. The van der Waals surface area contributed by atoms with Crippen molar-refractivity contribution in [3.05, 3.63) is 28.5 Å². The van der Waals surface area contributed by atoms with Crippen molar-refractivity contribution in [3.63, 3.8) is 0 Å². The lowest BCUT2D eigenvalue weighted by Crippen LogP contribution is -2.29. The molecular formula is C16H23BrFNO2. The fraction of sp³-hybridized carbons (Fsp3) is 0.625. The van der Waals surface area contributed by atoms with E-state index >= 15 is 0 Å². The Morgan fingerprint density at radius 2 is 2.10 bits per heavy atom. The molecule has 1 aromatic carbocycles. The van der Waals surface area contributed by atoms with Gasteiger partial charge in [0.2, 0.25) is 0 Å². The maximum Gasteiger partial charge on any atom is 0.137 e. The second-order valence-electron chi connectivity index (χ2n) is 5.88. The highest BCUT2D eigenvalue weighted by Gasteiger charge is 2.19. The van der Waals surface area contributed by atoms with Crippen LogP contribution in [0.15, 0.2) is 22.7 Å². The normalized spacial score (nSPS) is 23.8. The maximum absolute atomic E-state index is 13.1. The standard InChI is InChI=1S/C16H23BrFNO2/c1-11-2-5-14(6-3-11)21-10-13(20)9-19-12-4-7-16(18)15(17)8-12/h4,7-8,11,13-14,19-20H,2-3,5-6,9-10H2,1H3. The highest BCUT2D eigenvalue weighted by molar-refractivity contribution is 9.10. The molecule has 1 fully saturated rings. The van der Waals surface area contributed by atoms with E-state index in [4.69, 9.17) is 4.74 Å². The van der Waals surface area contributed by atoms with E-state index in [9.17, 15) is 9.50 Å². The predicted octanol–water partition coefficient (Wildman–Crippen LogP) is 3.96. The fourth-order valence-corrected chi connectivity index (χ4v) is 2.92. The molecule has 3 nitrogen and oxygen atoms in total. The smallest absolute Gasteiger partial charge is 0.137 e. The van der Waals surface area contributed by atoms with Gasteiger partial charge in [0.25, 0.3) is 0 Å². The van der Waals surface area contributed by atoms with Crippen LogP contribution >= 0.6 is 15.9 Å². The lowest BCUT2D eigenvalue weighted by atomic mass is 9.89. The van der Waals surface area contributed by atoms with Crippen molar-refractivity contribution in [3.8, 4) is 0 Å². The van der Waals surface area contributed by atoms with Crippen LogP contribution in [0.25, 0.3) is 0 Å². The third kappa shape index (κ3) is 5.57. The number of benzene rings is 1. The molecule has 0 amide bonds. The van der Waals surface area contributed by atoms with Crippen LogP contribution in [0.2, 0.25) is 0 Å². The van der Waals surface area contributed by atoms with Crippen LogP contribution in [-0.4, -0.2) is 30.5 Å². The lowest BCUT2D eigenvalue weighted by molar-refractivity contribution is -0.0245. The minimum Gasteiger partial charge on any atom is -0.389 e. The van der Waals surface area contributed by atoms with Gasteiger partial charge in [-0.1, -0.05) is 6.92 Å². The highest BCUT2D eigenvalue weighted by atomic mass is 79.9. The molecule has 0 bridgehead atoms. The van der Waals surface area contributed by atoms with Gasteiger partial charge in [0.05, 0.1) is 23.3 Å². The number of hydrogen-bond donors (Lipinski definition) is 2. The number of rotatable bonds is 6. The Hall–Kier alpha value is -0.650. The van der Waals surface area contributed by atoms with Crippen molar-refractivity contribution >= 4 is 21.6 Å². The van der Waals surface area contributed by atoms with Gasteiger partial charge in [-0.2, -0.15) is 0 Å². The van der Waals surface area contributed by atoms with Gasteiger partial charge in [-0.05, 0) is 65.7 Å². The number of hydrogen-bond acceptors (Lipinski definition) is 3. The zero-order chi connectivity index (χ0) is 15.2. The minimum absolute atomic E-state index is 0.288. The van der Waals surface area contributed by atoms with E-state index in [-0.39, 0.29) is 11.9 Å². The van der Waals surface area contributed by atoms with E-state index in [1.54, 1.807) is 12.1 Å². The first-order chi connectivity index (χ1) is 10.0. The summed E-state index contributed by atoms with van der Waals surface area (Å²) >= 11 is 3.14. The molecule has 2 rings (SSSR count). The van der Waals surface area contributed by atoms with Gasteiger partial charge in [0, 0.05) is 12.2 Å². The molecular weight excluding hydrogens is 337 g/mol. The maximum atomic E-state index is 13.1. The summed E-state index contributed by atoms with van der Waals surface area (Å²) in [6, 6.07) is 4.69. The summed E-state index contributed by atoms with van der Waals surface area (Å²) in [7, 11) is 0. The van der Waals surface area contributed by atoms with E-state index in [0.717, 1.165) is 24.4 Å². The molecule has 5 heteroatoms. The van der Waals surface area contributed by atoms with Crippen LogP contribution in [0.5, 0.6) is 0 Å². The quantitative estimate of drug-likeness (QED) is 0.807. The van der Waals surface area contributed by atoms with Gasteiger partial charge >= 0.3 is 0 Å². The van der Waals surface area contributed by atoms with Crippen LogP contribution < -0.4 is 5.32 Å². The first-order valence-electron chi connectivity index (χ1n) is 7.53. The minimum atomic E-state index is -0.562. The molecule has 21 heavy (non-hydrogen) atoms. The second-order valence-corrected chi connectivity index (χ2v) is 6.73. The Morgan fingerprint density at radius 1 is 1.38 bits per heavy atom. The summed E-state index contributed by atoms with van der Waals surface area (Å²) in [6.07, 6.45) is 4.33. The van der Waals surface area contributed by atoms with E-state index in [1.807, 2.05) is 0 Å². The molecule has 0 heterocycles. The van der Waals surface area contributed by atoms with Crippen LogP contribution in [0, 0.1) is 11.7 Å². The average molecular weight is 360 g/mol. The average Bonchev–Trinajstić information content (AvgIpc) is 2.48. The van der Waals surface area contributed by atoms with Gasteiger partial charge in [-0.25, -0.2) is 4.39 Å². The van der Waals surface area contributed by atoms with Crippen LogP contribution in [-0.2, 0) is 4.74 Å². The summed E-state index contributed by atoms with van der Waals surface area (Å²) in [4.78, 5) is 0. The highest BCUT2D eigenvalue weighted by Crippen LogP contribution is 2.25. The first-order valence-corrected chi connectivity index (χ1v) is 8.32. The number of ether oxygens (including phenoxy) is 1. The van der Waals surface area contributed by atoms with Crippen molar-refractivity contribution < 1.29 is 14.2 Å². The third-order valence-electron chi connectivity index (χ3n) is 3.95. The predicted molar refractivity (Wildman–Crippen MR) is 86.0 cm³/mol. The number of halogens is 2.